The highest BCUT2D eigenvalue weighted by atomic mass is 35.5. The summed E-state index contributed by atoms with van der Waals surface area (Å²) in [5.41, 5.74) is 7.98. The Bertz CT molecular complexity index is 918. The van der Waals surface area contributed by atoms with E-state index in [4.69, 9.17) is 33.9 Å². The van der Waals surface area contributed by atoms with Crippen LogP contribution < -0.4 is 10.6 Å². The molecule has 3 rings (SSSR count). The van der Waals surface area contributed by atoms with E-state index in [-0.39, 0.29) is 12.6 Å². The van der Waals surface area contributed by atoms with Crippen molar-refractivity contribution in [3.8, 4) is 17.3 Å². The summed E-state index contributed by atoms with van der Waals surface area (Å²) in [5, 5.41) is 20.3. The molecule has 0 saturated carbocycles. The Morgan fingerprint density at radius 3 is 2.57 bits per heavy atom. The van der Waals surface area contributed by atoms with Crippen LogP contribution in [0.4, 0.5) is 5.82 Å². The number of hydrogen-bond donors (Lipinski definition) is 2. The second-order valence-corrected chi connectivity index (χ2v) is 8.02. The monoisotopic (exact) mass is 419 g/mol. The summed E-state index contributed by atoms with van der Waals surface area (Å²) in [6.07, 6.45) is 1.29. The number of nitriles is 1. The van der Waals surface area contributed by atoms with E-state index in [0.29, 0.717) is 64.4 Å². The summed E-state index contributed by atoms with van der Waals surface area (Å²) in [5.74, 6) is 0.637. The molecule has 8 heteroatoms. The van der Waals surface area contributed by atoms with Gasteiger partial charge in [0.1, 0.15) is 5.69 Å². The van der Waals surface area contributed by atoms with Gasteiger partial charge in [0.2, 0.25) is 0 Å². The topological polar surface area (TPSA) is 99.1 Å². The van der Waals surface area contributed by atoms with Crippen LogP contribution >= 0.6 is 23.2 Å². The van der Waals surface area contributed by atoms with Crippen molar-refractivity contribution in [1.82, 2.24) is 9.97 Å². The molecule has 1 aliphatic heterocycles. The summed E-state index contributed by atoms with van der Waals surface area (Å²) in [4.78, 5) is 11.4. The van der Waals surface area contributed by atoms with Gasteiger partial charge in [0.25, 0.3) is 0 Å². The lowest BCUT2D eigenvalue weighted by Crippen LogP contribution is -2.48. The maximum Gasteiger partial charge on any atom is 0.153 e. The first-order valence-electron chi connectivity index (χ1n) is 9.17. The minimum Gasteiger partial charge on any atom is -0.390 e. The second kappa shape index (κ2) is 8.22. The van der Waals surface area contributed by atoms with E-state index < -0.39 is 5.41 Å². The van der Waals surface area contributed by atoms with Crippen LogP contribution in [-0.2, 0) is 6.61 Å². The van der Waals surface area contributed by atoms with Gasteiger partial charge in [0.15, 0.2) is 5.82 Å². The molecule has 0 aliphatic carbocycles. The SMILES string of the molecule is Cc1nc(N2CCC(C#N)(C(C)N)CC2)c(CO)nc1-c1cccc(Cl)c1Cl. The highest BCUT2D eigenvalue weighted by Gasteiger charge is 2.39. The Balaban J connectivity index is 1.96. The van der Waals surface area contributed by atoms with E-state index in [1.807, 2.05) is 19.9 Å². The average molecular weight is 420 g/mol. The first-order valence-corrected chi connectivity index (χ1v) is 9.93. The Morgan fingerprint density at radius 2 is 2.00 bits per heavy atom. The Kier molecular flexibility index (Phi) is 6.11. The molecule has 0 spiro atoms. The molecule has 0 radical (unpaired) electrons. The van der Waals surface area contributed by atoms with E-state index in [0.717, 1.165) is 0 Å². The van der Waals surface area contributed by atoms with Gasteiger partial charge in [0.05, 0.1) is 39.5 Å². The number of aromatic nitrogens is 2. The Labute approximate surface area is 174 Å². The van der Waals surface area contributed by atoms with Gasteiger partial charge in [-0.15, -0.1) is 0 Å². The maximum atomic E-state index is 9.91. The molecular weight excluding hydrogens is 397 g/mol. The number of nitrogens with zero attached hydrogens (tertiary/aromatic N) is 4. The third kappa shape index (κ3) is 3.68. The predicted molar refractivity (Wildman–Crippen MR) is 111 cm³/mol. The highest BCUT2D eigenvalue weighted by Crippen LogP contribution is 2.37. The van der Waals surface area contributed by atoms with Crippen molar-refractivity contribution in [2.75, 3.05) is 18.0 Å². The van der Waals surface area contributed by atoms with Crippen molar-refractivity contribution >= 4 is 29.0 Å². The molecule has 0 amide bonds. The summed E-state index contributed by atoms with van der Waals surface area (Å²) in [6, 6.07) is 7.56. The van der Waals surface area contributed by atoms with Gasteiger partial charge in [-0.2, -0.15) is 5.26 Å². The van der Waals surface area contributed by atoms with Gasteiger partial charge in [-0.3, -0.25) is 0 Å². The van der Waals surface area contributed by atoms with Gasteiger partial charge in [0, 0.05) is 24.7 Å². The van der Waals surface area contributed by atoms with Crippen molar-refractivity contribution < 1.29 is 5.11 Å². The van der Waals surface area contributed by atoms with Crippen LogP contribution in [0.2, 0.25) is 10.0 Å². The van der Waals surface area contributed by atoms with Crippen LogP contribution in [-0.4, -0.2) is 34.2 Å². The summed E-state index contributed by atoms with van der Waals surface area (Å²) in [7, 11) is 0. The van der Waals surface area contributed by atoms with Gasteiger partial charge in [-0.25, -0.2) is 9.97 Å². The largest absolute Gasteiger partial charge is 0.390 e. The number of piperidine rings is 1. The molecular formula is C20H23Cl2N5O. The first-order chi connectivity index (χ1) is 13.3. The molecule has 1 unspecified atom stereocenters. The standard InChI is InChI=1S/C20H23Cl2N5O/c1-12-18(14-4-3-5-15(21)17(14)22)26-16(10-28)19(25-12)27-8-6-20(11-23,7-9-27)13(2)24/h3-5,13,28H,6-10,24H2,1-2H3. The minimum atomic E-state index is -0.521. The molecule has 1 saturated heterocycles. The van der Waals surface area contributed by atoms with E-state index in [1.165, 1.54) is 0 Å². The quantitative estimate of drug-likeness (QED) is 0.783. The van der Waals surface area contributed by atoms with Crippen molar-refractivity contribution in [2.24, 2.45) is 11.1 Å². The van der Waals surface area contributed by atoms with E-state index >= 15 is 0 Å². The van der Waals surface area contributed by atoms with E-state index in [9.17, 15) is 10.4 Å². The van der Waals surface area contributed by atoms with E-state index in [1.54, 1.807) is 12.1 Å². The van der Waals surface area contributed by atoms with Crippen molar-refractivity contribution in [1.29, 1.82) is 5.26 Å². The number of rotatable bonds is 4. The van der Waals surface area contributed by atoms with E-state index in [2.05, 4.69) is 16.0 Å². The number of halogens is 2. The zero-order valence-electron chi connectivity index (χ0n) is 15.9. The lowest BCUT2D eigenvalue weighted by Gasteiger charge is -2.40. The van der Waals surface area contributed by atoms with Crippen LogP contribution in [0.1, 0.15) is 31.2 Å². The van der Waals surface area contributed by atoms with Gasteiger partial charge >= 0.3 is 0 Å². The smallest absolute Gasteiger partial charge is 0.153 e. The summed E-state index contributed by atoms with van der Waals surface area (Å²) >= 11 is 12.5. The van der Waals surface area contributed by atoms with Gasteiger partial charge in [-0.1, -0.05) is 35.3 Å². The fourth-order valence-corrected chi connectivity index (χ4v) is 4.02. The Hall–Kier alpha value is -1.91. The molecule has 1 fully saturated rings. The number of aliphatic hydroxyl groups is 1. The molecule has 0 bridgehead atoms. The molecule has 1 atom stereocenters. The number of benzene rings is 1. The fourth-order valence-electron chi connectivity index (χ4n) is 3.63. The number of hydrogen-bond acceptors (Lipinski definition) is 6. The molecule has 1 aromatic heterocycles. The number of anilines is 1. The van der Waals surface area contributed by atoms with Crippen molar-refractivity contribution in [3.63, 3.8) is 0 Å². The molecule has 28 heavy (non-hydrogen) atoms. The van der Waals surface area contributed by atoms with Crippen LogP contribution in [0.5, 0.6) is 0 Å². The average Bonchev–Trinajstić information content (AvgIpc) is 2.70. The lowest BCUT2D eigenvalue weighted by molar-refractivity contribution is 0.254. The third-order valence-electron chi connectivity index (χ3n) is 5.53. The summed E-state index contributed by atoms with van der Waals surface area (Å²) < 4.78 is 0. The van der Waals surface area contributed by atoms with Crippen LogP contribution in [0, 0.1) is 23.7 Å². The van der Waals surface area contributed by atoms with Crippen molar-refractivity contribution in [3.05, 3.63) is 39.6 Å². The number of aryl methyl sites for hydroxylation is 1. The molecule has 2 aromatic rings. The van der Waals surface area contributed by atoms with Crippen molar-refractivity contribution in [2.45, 2.75) is 39.3 Å². The second-order valence-electron chi connectivity index (χ2n) is 7.23. The molecule has 3 N–H and O–H groups in total. The van der Waals surface area contributed by atoms with Crippen LogP contribution in [0.3, 0.4) is 0 Å². The fraction of sp³-hybridized carbons (Fsp3) is 0.450. The van der Waals surface area contributed by atoms with Gasteiger partial charge in [-0.05, 0) is 32.8 Å². The zero-order chi connectivity index (χ0) is 20.5. The molecule has 1 aromatic carbocycles. The molecule has 6 nitrogen and oxygen atoms in total. The number of nitrogens with two attached hydrogens (primary N) is 1. The predicted octanol–water partition coefficient (Wildman–Crippen LogP) is 3.71. The minimum absolute atomic E-state index is 0.197. The molecule has 148 valence electrons. The normalized spacial score (nSPS) is 17.2. The summed E-state index contributed by atoms with van der Waals surface area (Å²) in [6.45, 7) is 4.75. The first kappa shape index (κ1) is 20.8. The molecule has 2 heterocycles. The van der Waals surface area contributed by atoms with Crippen LogP contribution in [0.15, 0.2) is 18.2 Å². The van der Waals surface area contributed by atoms with Gasteiger partial charge < -0.3 is 15.7 Å². The third-order valence-corrected chi connectivity index (χ3v) is 6.35. The lowest BCUT2D eigenvalue weighted by atomic mass is 9.74. The Morgan fingerprint density at radius 1 is 1.32 bits per heavy atom. The zero-order valence-corrected chi connectivity index (χ0v) is 17.4. The number of aliphatic hydroxyl groups excluding tert-OH is 1. The highest BCUT2D eigenvalue weighted by molar-refractivity contribution is 6.43. The van der Waals surface area contributed by atoms with Crippen LogP contribution in [0.25, 0.3) is 11.3 Å². The maximum absolute atomic E-state index is 9.91. The molecule has 1 aliphatic rings.